The van der Waals surface area contributed by atoms with Gasteiger partial charge in [-0.25, -0.2) is 0 Å². The number of halogens is 1. The predicted octanol–water partition coefficient (Wildman–Crippen LogP) is 3.31. The van der Waals surface area contributed by atoms with E-state index in [1.54, 1.807) is 4.47 Å². The fourth-order valence-electron chi connectivity index (χ4n) is 1.17. The molecular formula is C8H13BrSe. The van der Waals surface area contributed by atoms with Crippen molar-refractivity contribution in [3.8, 4) is 0 Å². The van der Waals surface area contributed by atoms with Crippen LogP contribution in [0.3, 0.4) is 0 Å². The van der Waals surface area contributed by atoms with E-state index in [0.29, 0.717) is 0 Å². The standard InChI is InChI=1S/C8H13BrSe/c1-2-10-8-6-4-3-5-7(8)9/h2-6H2,1H3. The van der Waals surface area contributed by atoms with Gasteiger partial charge in [0.1, 0.15) is 0 Å². The minimum atomic E-state index is 0.791. The Morgan fingerprint density at radius 2 is 2.10 bits per heavy atom. The molecule has 1 rings (SSSR count). The number of rotatable bonds is 2. The Hall–Kier alpha value is 0.739. The van der Waals surface area contributed by atoms with E-state index in [2.05, 4.69) is 22.9 Å². The topological polar surface area (TPSA) is 0 Å². The molecule has 0 unspecified atom stereocenters. The quantitative estimate of drug-likeness (QED) is 0.674. The normalized spacial score (nSPS) is 19.8. The molecule has 1 aliphatic carbocycles. The molecule has 58 valence electrons. The van der Waals surface area contributed by atoms with Crippen molar-refractivity contribution >= 4 is 30.9 Å². The van der Waals surface area contributed by atoms with Gasteiger partial charge >= 0.3 is 77.8 Å². The van der Waals surface area contributed by atoms with E-state index in [1.165, 1.54) is 35.5 Å². The van der Waals surface area contributed by atoms with E-state index in [-0.39, 0.29) is 0 Å². The Morgan fingerprint density at radius 3 is 2.70 bits per heavy atom. The second-order valence-electron chi connectivity index (χ2n) is 2.47. The van der Waals surface area contributed by atoms with Gasteiger partial charge in [-0.1, -0.05) is 0 Å². The van der Waals surface area contributed by atoms with Crippen LogP contribution < -0.4 is 0 Å². The molecule has 0 N–H and O–H groups in total. The van der Waals surface area contributed by atoms with Crippen molar-refractivity contribution in [2.45, 2.75) is 37.9 Å². The zero-order valence-corrected chi connectivity index (χ0v) is 9.62. The van der Waals surface area contributed by atoms with Gasteiger partial charge in [0, 0.05) is 0 Å². The summed E-state index contributed by atoms with van der Waals surface area (Å²) in [6, 6.07) is 0. The summed E-state index contributed by atoms with van der Waals surface area (Å²) in [7, 11) is 0. The molecule has 0 nitrogen and oxygen atoms in total. The van der Waals surface area contributed by atoms with Crippen molar-refractivity contribution in [2.75, 3.05) is 0 Å². The third-order valence-corrected chi connectivity index (χ3v) is 5.42. The molecule has 0 atom stereocenters. The molecule has 10 heavy (non-hydrogen) atoms. The van der Waals surface area contributed by atoms with Gasteiger partial charge in [-0.2, -0.15) is 0 Å². The van der Waals surface area contributed by atoms with Crippen molar-refractivity contribution in [3.63, 3.8) is 0 Å². The van der Waals surface area contributed by atoms with Gasteiger partial charge in [0.25, 0.3) is 0 Å². The fraction of sp³-hybridized carbons (Fsp3) is 0.750. The van der Waals surface area contributed by atoms with Crippen molar-refractivity contribution in [3.05, 3.63) is 8.95 Å². The van der Waals surface area contributed by atoms with E-state index in [0.717, 1.165) is 15.0 Å². The van der Waals surface area contributed by atoms with Crippen LogP contribution in [0.4, 0.5) is 0 Å². The summed E-state index contributed by atoms with van der Waals surface area (Å²) in [6.45, 7) is 2.28. The Balaban J connectivity index is 2.50. The number of hydrogen-bond acceptors (Lipinski definition) is 0. The molecule has 0 amide bonds. The predicted molar refractivity (Wildman–Crippen MR) is 50.7 cm³/mol. The van der Waals surface area contributed by atoms with E-state index < -0.39 is 0 Å². The van der Waals surface area contributed by atoms with E-state index >= 15 is 0 Å². The van der Waals surface area contributed by atoms with Crippen LogP contribution in [0.1, 0.15) is 32.6 Å². The van der Waals surface area contributed by atoms with Crippen LogP contribution in [-0.2, 0) is 0 Å². The first-order valence-corrected chi connectivity index (χ1v) is 6.71. The van der Waals surface area contributed by atoms with Crippen molar-refractivity contribution in [1.82, 2.24) is 0 Å². The average molecular weight is 268 g/mol. The zero-order valence-electron chi connectivity index (χ0n) is 6.32. The molecule has 0 bridgehead atoms. The summed E-state index contributed by atoms with van der Waals surface area (Å²) >= 11 is 4.44. The SMILES string of the molecule is CC[Se]C1=C(Br)CCCC1. The van der Waals surface area contributed by atoms with Crippen LogP contribution in [0.5, 0.6) is 0 Å². The molecule has 0 saturated heterocycles. The molecule has 0 radical (unpaired) electrons. The van der Waals surface area contributed by atoms with Crippen molar-refractivity contribution in [1.29, 1.82) is 0 Å². The molecule has 0 aromatic heterocycles. The van der Waals surface area contributed by atoms with Crippen LogP contribution in [0.2, 0.25) is 5.32 Å². The third-order valence-electron chi connectivity index (χ3n) is 1.67. The maximum atomic E-state index is 3.65. The molecule has 0 spiro atoms. The second-order valence-corrected chi connectivity index (χ2v) is 6.28. The van der Waals surface area contributed by atoms with Crippen LogP contribution >= 0.6 is 15.9 Å². The van der Waals surface area contributed by atoms with Crippen LogP contribution in [0.25, 0.3) is 0 Å². The zero-order chi connectivity index (χ0) is 7.40. The summed E-state index contributed by atoms with van der Waals surface area (Å²) in [5, 5.41) is 1.36. The molecule has 0 fully saturated rings. The summed E-state index contributed by atoms with van der Waals surface area (Å²) in [6.07, 6.45) is 5.49. The summed E-state index contributed by atoms with van der Waals surface area (Å²) < 4.78 is 3.27. The van der Waals surface area contributed by atoms with Gasteiger partial charge in [0.15, 0.2) is 0 Å². The van der Waals surface area contributed by atoms with Gasteiger partial charge in [-0.15, -0.1) is 0 Å². The Labute approximate surface area is 77.7 Å². The second kappa shape index (κ2) is 4.58. The van der Waals surface area contributed by atoms with Gasteiger partial charge < -0.3 is 0 Å². The molecule has 0 heterocycles. The molecule has 1 aliphatic rings. The van der Waals surface area contributed by atoms with Gasteiger partial charge in [0.05, 0.1) is 0 Å². The first-order chi connectivity index (χ1) is 4.84. The van der Waals surface area contributed by atoms with Crippen molar-refractivity contribution < 1.29 is 0 Å². The van der Waals surface area contributed by atoms with E-state index in [4.69, 9.17) is 0 Å². The molecular weight excluding hydrogens is 255 g/mol. The Kier molecular flexibility index (Phi) is 4.05. The van der Waals surface area contributed by atoms with Crippen LogP contribution in [0, 0.1) is 0 Å². The summed E-state index contributed by atoms with van der Waals surface area (Å²) in [5.41, 5.74) is 0. The average Bonchev–Trinajstić information content (AvgIpc) is 1.94. The molecule has 0 aromatic rings. The monoisotopic (exact) mass is 268 g/mol. The fourth-order valence-corrected chi connectivity index (χ4v) is 4.12. The van der Waals surface area contributed by atoms with Crippen molar-refractivity contribution in [2.24, 2.45) is 0 Å². The van der Waals surface area contributed by atoms with Gasteiger partial charge in [-0.3, -0.25) is 0 Å². The van der Waals surface area contributed by atoms with Gasteiger partial charge in [-0.05, 0) is 0 Å². The number of allylic oxidation sites excluding steroid dienone is 2. The summed E-state index contributed by atoms with van der Waals surface area (Å²) in [5.74, 6) is 0. The molecule has 0 saturated carbocycles. The van der Waals surface area contributed by atoms with Gasteiger partial charge in [0.2, 0.25) is 0 Å². The molecule has 0 aliphatic heterocycles. The Morgan fingerprint density at radius 1 is 1.40 bits per heavy atom. The Bertz CT molecular complexity index is 140. The third kappa shape index (κ3) is 2.41. The first kappa shape index (κ1) is 8.83. The summed E-state index contributed by atoms with van der Waals surface area (Å²) in [4.78, 5) is 0. The minimum absolute atomic E-state index is 0.791. The molecule has 2 heteroatoms. The van der Waals surface area contributed by atoms with E-state index in [1.807, 2.05) is 0 Å². The van der Waals surface area contributed by atoms with Crippen LogP contribution in [-0.4, -0.2) is 15.0 Å². The van der Waals surface area contributed by atoms with E-state index in [9.17, 15) is 0 Å². The first-order valence-electron chi connectivity index (χ1n) is 3.85. The number of hydrogen-bond donors (Lipinski definition) is 0. The molecule has 0 aromatic carbocycles. The van der Waals surface area contributed by atoms with Crippen LogP contribution in [0.15, 0.2) is 8.95 Å². The maximum absolute atomic E-state index is 3.65.